The van der Waals surface area contributed by atoms with E-state index in [0.29, 0.717) is 22.2 Å². The van der Waals surface area contributed by atoms with Gasteiger partial charge in [0.2, 0.25) is 5.91 Å². The first-order chi connectivity index (χ1) is 8.66. The standard InChI is InChI=1S/C12H11Cl2N3O/c13-10-2-1-3-11(14)9(10)4-12(18)15-5-8-6-16-17-7-8/h1-3,6-7H,4-5H2,(H,15,18)(H,16,17). The van der Waals surface area contributed by atoms with E-state index in [1.165, 1.54) is 0 Å². The maximum absolute atomic E-state index is 11.8. The van der Waals surface area contributed by atoms with Crippen molar-refractivity contribution >= 4 is 29.1 Å². The summed E-state index contributed by atoms with van der Waals surface area (Å²) in [6.07, 6.45) is 3.54. The lowest BCUT2D eigenvalue weighted by Crippen LogP contribution is -2.24. The molecular formula is C12H11Cl2N3O. The van der Waals surface area contributed by atoms with Crippen LogP contribution in [0, 0.1) is 0 Å². The Labute approximate surface area is 114 Å². The Morgan fingerprint density at radius 1 is 1.33 bits per heavy atom. The smallest absolute Gasteiger partial charge is 0.224 e. The second-order valence-electron chi connectivity index (χ2n) is 3.76. The van der Waals surface area contributed by atoms with Gasteiger partial charge in [-0.3, -0.25) is 9.89 Å². The molecule has 1 heterocycles. The number of amides is 1. The van der Waals surface area contributed by atoms with Crippen LogP contribution in [0.5, 0.6) is 0 Å². The Morgan fingerprint density at radius 2 is 2.06 bits per heavy atom. The number of aromatic amines is 1. The zero-order valence-electron chi connectivity index (χ0n) is 9.41. The number of hydrogen-bond donors (Lipinski definition) is 2. The average molecular weight is 284 g/mol. The average Bonchev–Trinajstić information content (AvgIpc) is 2.84. The van der Waals surface area contributed by atoms with Gasteiger partial charge in [0.05, 0.1) is 12.6 Å². The van der Waals surface area contributed by atoms with Gasteiger partial charge in [0.1, 0.15) is 0 Å². The van der Waals surface area contributed by atoms with Crippen LogP contribution >= 0.6 is 23.2 Å². The van der Waals surface area contributed by atoms with Gasteiger partial charge in [0.15, 0.2) is 0 Å². The fraction of sp³-hybridized carbons (Fsp3) is 0.167. The number of carbonyl (C=O) groups excluding carboxylic acids is 1. The predicted octanol–water partition coefficient (Wildman–Crippen LogP) is 2.58. The molecule has 0 bridgehead atoms. The molecule has 0 unspecified atom stereocenters. The van der Waals surface area contributed by atoms with Gasteiger partial charge in [-0.25, -0.2) is 0 Å². The van der Waals surface area contributed by atoms with Crippen molar-refractivity contribution in [3.05, 3.63) is 51.8 Å². The van der Waals surface area contributed by atoms with E-state index in [2.05, 4.69) is 15.5 Å². The van der Waals surface area contributed by atoms with Crippen LogP contribution < -0.4 is 5.32 Å². The number of aromatic nitrogens is 2. The third-order valence-corrected chi connectivity index (χ3v) is 3.15. The minimum absolute atomic E-state index is 0.133. The summed E-state index contributed by atoms with van der Waals surface area (Å²) in [6, 6.07) is 5.18. The van der Waals surface area contributed by atoms with Crippen molar-refractivity contribution in [3.63, 3.8) is 0 Å². The highest BCUT2D eigenvalue weighted by Gasteiger charge is 2.10. The topological polar surface area (TPSA) is 57.8 Å². The summed E-state index contributed by atoms with van der Waals surface area (Å²) in [5.41, 5.74) is 1.55. The van der Waals surface area contributed by atoms with E-state index in [9.17, 15) is 4.79 Å². The molecule has 4 nitrogen and oxygen atoms in total. The van der Waals surface area contributed by atoms with Crippen LogP contribution in [0.25, 0.3) is 0 Å². The number of carbonyl (C=O) groups is 1. The van der Waals surface area contributed by atoms with E-state index in [1.807, 2.05) is 0 Å². The van der Waals surface area contributed by atoms with E-state index in [1.54, 1.807) is 30.6 Å². The fourth-order valence-electron chi connectivity index (χ4n) is 1.50. The summed E-state index contributed by atoms with van der Waals surface area (Å²) in [5.74, 6) is -0.133. The molecule has 6 heteroatoms. The van der Waals surface area contributed by atoms with Crippen molar-refractivity contribution in [2.24, 2.45) is 0 Å². The lowest BCUT2D eigenvalue weighted by molar-refractivity contribution is -0.120. The molecule has 2 rings (SSSR count). The van der Waals surface area contributed by atoms with Gasteiger partial charge in [-0.05, 0) is 17.7 Å². The molecule has 94 valence electrons. The summed E-state index contributed by atoms with van der Waals surface area (Å²) < 4.78 is 0. The van der Waals surface area contributed by atoms with Crippen LogP contribution in [0.1, 0.15) is 11.1 Å². The molecule has 1 aromatic carbocycles. The molecule has 0 saturated heterocycles. The normalized spacial score (nSPS) is 10.3. The van der Waals surface area contributed by atoms with Gasteiger partial charge in [0.25, 0.3) is 0 Å². The summed E-state index contributed by atoms with van der Waals surface area (Å²) in [4.78, 5) is 11.8. The van der Waals surface area contributed by atoms with Crippen molar-refractivity contribution in [1.82, 2.24) is 15.5 Å². The molecule has 1 aromatic heterocycles. The van der Waals surface area contributed by atoms with Gasteiger partial charge in [-0.15, -0.1) is 0 Å². The molecule has 18 heavy (non-hydrogen) atoms. The zero-order chi connectivity index (χ0) is 13.0. The molecule has 0 fully saturated rings. The SMILES string of the molecule is O=C(Cc1c(Cl)cccc1Cl)NCc1cn[nH]c1. The minimum Gasteiger partial charge on any atom is -0.352 e. The lowest BCUT2D eigenvalue weighted by Gasteiger charge is -2.07. The number of nitrogens with zero attached hydrogens (tertiary/aromatic N) is 1. The maximum Gasteiger partial charge on any atom is 0.224 e. The number of rotatable bonds is 4. The lowest BCUT2D eigenvalue weighted by atomic mass is 10.1. The van der Waals surface area contributed by atoms with Crippen LogP contribution in [0.15, 0.2) is 30.6 Å². The molecule has 0 spiro atoms. The van der Waals surface area contributed by atoms with E-state index in [0.717, 1.165) is 5.56 Å². The Morgan fingerprint density at radius 3 is 2.67 bits per heavy atom. The Hall–Kier alpha value is -1.52. The quantitative estimate of drug-likeness (QED) is 0.906. The van der Waals surface area contributed by atoms with E-state index in [4.69, 9.17) is 23.2 Å². The number of hydrogen-bond acceptors (Lipinski definition) is 2. The third-order valence-electron chi connectivity index (χ3n) is 2.44. The highest BCUT2D eigenvalue weighted by molar-refractivity contribution is 6.36. The van der Waals surface area contributed by atoms with Gasteiger partial charge >= 0.3 is 0 Å². The summed E-state index contributed by atoms with van der Waals surface area (Å²) >= 11 is 12.0. The molecule has 0 aliphatic heterocycles. The van der Waals surface area contributed by atoms with Crippen LogP contribution in [0.3, 0.4) is 0 Å². The second-order valence-corrected chi connectivity index (χ2v) is 4.57. The van der Waals surface area contributed by atoms with Gasteiger partial charge < -0.3 is 5.32 Å². The summed E-state index contributed by atoms with van der Waals surface area (Å²) in [7, 11) is 0. The highest BCUT2D eigenvalue weighted by atomic mass is 35.5. The van der Waals surface area contributed by atoms with Crippen LogP contribution in [0.4, 0.5) is 0 Å². The highest BCUT2D eigenvalue weighted by Crippen LogP contribution is 2.24. The predicted molar refractivity (Wildman–Crippen MR) is 70.6 cm³/mol. The Bertz CT molecular complexity index is 520. The van der Waals surface area contributed by atoms with Crippen molar-refractivity contribution in [1.29, 1.82) is 0 Å². The monoisotopic (exact) mass is 283 g/mol. The van der Waals surface area contributed by atoms with E-state index >= 15 is 0 Å². The number of H-pyrrole nitrogens is 1. The number of halogens is 2. The molecule has 0 aliphatic rings. The number of nitrogens with one attached hydrogen (secondary N) is 2. The molecule has 0 saturated carbocycles. The zero-order valence-corrected chi connectivity index (χ0v) is 10.9. The molecule has 1 amide bonds. The van der Waals surface area contributed by atoms with Gasteiger partial charge in [0, 0.05) is 28.4 Å². The molecule has 2 N–H and O–H groups in total. The van der Waals surface area contributed by atoms with Gasteiger partial charge in [-0.2, -0.15) is 5.10 Å². The number of benzene rings is 1. The third kappa shape index (κ3) is 3.24. The van der Waals surface area contributed by atoms with Crippen LogP contribution in [0.2, 0.25) is 10.0 Å². The molecule has 0 aliphatic carbocycles. The first-order valence-corrected chi connectivity index (χ1v) is 6.09. The Balaban J connectivity index is 1.95. The second kappa shape index (κ2) is 5.89. The summed E-state index contributed by atoms with van der Waals surface area (Å²) in [6.45, 7) is 0.428. The van der Waals surface area contributed by atoms with E-state index in [-0.39, 0.29) is 12.3 Å². The largest absolute Gasteiger partial charge is 0.352 e. The van der Waals surface area contributed by atoms with Crippen molar-refractivity contribution < 1.29 is 4.79 Å². The van der Waals surface area contributed by atoms with Gasteiger partial charge in [-0.1, -0.05) is 29.3 Å². The first kappa shape index (κ1) is 12.9. The molecule has 0 radical (unpaired) electrons. The van der Waals surface area contributed by atoms with Crippen LogP contribution in [-0.2, 0) is 17.8 Å². The maximum atomic E-state index is 11.8. The van der Waals surface area contributed by atoms with Crippen molar-refractivity contribution in [3.8, 4) is 0 Å². The van der Waals surface area contributed by atoms with Crippen molar-refractivity contribution in [2.45, 2.75) is 13.0 Å². The van der Waals surface area contributed by atoms with E-state index < -0.39 is 0 Å². The fourth-order valence-corrected chi connectivity index (χ4v) is 2.03. The van der Waals surface area contributed by atoms with Crippen LogP contribution in [-0.4, -0.2) is 16.1 Å². The first-order valence-electron chi connectivity index (χ1n) is 5.34. The molecular weight excluding hydrogens is 273 g/mol. The molecule has 0 atom stereocenters. The minimum atomic E-state index is -0.133. The Kier molecular flexibility index (Phi) is 4.23. The molecule has 2 aromatic rings. The van der Waals surface area contributed by atoms with Crippen molar-refractivity contribution in [2.75, 3.05) is 0 Å². The summed E-state index contributed by atoms with van der Waals surface area (Å²) in [5, 5.41) is 10.2.